The molecule has 0 radical (unpaired) electrons. The number of benzene rings is 2. The van der Waals surface area contributed by atoms with Crippen molar-refractivity contribution < 1.29 is 14.3 Å². The normalized spacial score (nSPS) is 13.2. The standard InChI is InChI=1S/C23H24N2O3S/c1-3-5-22-24-19(15-29-22)17-8-9-21-20(13-17)25(23(26)14-28-21)10-11-27-18-7-4-6-16(2)12-18/h4,6-9,12-13,15H,3,5,10-11,14H2,1-2H3. The van der Waals surface area contributed by atoms with Crippen LogP contribution in [-0.4, -0.2) is 30.6 Å². The van der Waals surface area contributed by atoms with Gasteiger partial charge < -0.3 is 14.4 Å². The summed E-state index contributed by atoms with van der Waals surface area (Å²) < 4.78 is 11.5. The van der Waals surface area contributed by atoms with Crippen molar-refractivity contribution in [1.82, 2.24) is 4.98 Å². The zero-order valence-electron chi connectivity index (χ0n) is 16.7. The van der Waals surface area contributed by atoms with Crippen molar-refractivity contribution in [3.8, 4) is 22.8 Å². The number of ether oxygens (including phenoxy) is 2. The second-order valence-electron chi connectivity index (χ2n) is 7.06. The van der Waals surface area contributed by atoms with Crippen LogP contribution in [0.5, 0.6) is 11.5 Å². The van der Waals surface area contributed by atoms with Gasteiger partial charge in [0.15, 0.2) is 6.61 Å². The Hall–Kier alpha value is -2.86. The number of thiazole rings is 1. The lowest BCUT2D eigenvalue weighted by atomic mass is 10.1. The monoisotopic (exact) mass is 408 g/mol. The van der Waals surface area contributed by atoms with Crippen molar-refractivity contribution in [3.05, 3.63) is 58.4 Å². The number of nitrogens with zero attached hydrogens (tertiary/aromatic N) is 2. The van der Waals surface area contributed by atoms with Gasteiger partial charge in [-0.05, 0) is 55.7 Å². The quantitative estimate of drug-likeness (QED) is 0.559. The molecule has 29 heavy (non-hydrogen) atoms. The summed E-state index contributed by atoms with van der Waals surface area (Å²) in [7, 11) is 0. The Morgan fingerprint density at radius 2 is 2.14 bits per heavy atom. The first-order valence-corrected chi connectivity index (χ1v) is 10.7. The van der Waals surface area contributed by atoms with Gasteiger partial charge in [0.25, 0.3) is 5.91 Å². The van der Waals surface area contributed by atoms with Gasteiger partial charge in [-0.25, -0.2) is 4.98 Å². The molecule has 4 rings (SSSR count). The topological polar surface area (TPSA) is 51.7 Å². The Bertz CT molecular complexity index is 1010. The molecule has 1 aromatic heterocycles. The van der Waals surface area contributed by atoms with Crippen molar-refractivity contribution >= 4 is 22.9 Å². The molecule has 2 heterocycles. The summed E-state index contributed by atoms with van der Waals surface area (Å²) >= 11 is 1.68. The van der Waals surface area contributed by atoms with Crippen LogP contribution in [-0.2, 0) is 11.2 Å². The first-order chi connectivity index (χ1) is 14.1. The molecule has 5 nitrogen and oxygen atoms in total. The zero-order valence-corrected chi connectivity index (χ0v) is 17.5. The lowest BCUT2D eigenvalue weighted by Crippen LogP contribution is -2.41. The maximum Gasteiger partial charge on any atom is 0.265 e. The van der Waals surface area contributed by atoms with E-state index in [9.17, 15) is 4.79 Å². The fraction of sp³-hybridized carbons (Fsp3) is 0.304. The molecule has 3 aromatic rings. The minimum atomic E-state index is -0.0626. The van der Waals surface area contributed by atoms with Crippen LogP contribution in [0.15, 0.2) is 47.8 Å². The fourth-order valence-corrected chi connectivity index (χ4v) is 4.25. The average Bonchev–Trinajstić information content (AvgIpc) is 3.18. The fourth-order valence-electron chi connectivity index (χ4n) is 3.34. The molecule has 6 heteroatoms. The Kier molecular flexibility index (Phi) is 5.81. The van der Waals surface area contributed by atoms with E-state index in [0.29, 0.717) is 18.9 Å². The van der Waals surface area contributed by atoms with E-state index < -0.39 is 0 Å². The van der Waals surface area contributed by atoms with Crippen LogP contribution >= 0.6 is 11.3 Å². The summed E-state index contributed by atoms with van der Waals surface area (Å²) in [6.45, 7) is 5.11. The third-order valence-electron chi connectivity index (χ3n) is 4.79. The van der Waals surface area contributed by atoms with Gasteiger partial charge in [-0.15, -0.1) is 11.3 Å². The number of carbonyl (C=O) groups is 1. The highest BCUT2D eigenvalue weighted by atomic mass is 32.1. The van der Waals surface area contributed by atoms with Crippen molar-refractivity contribution in [2.75, 3.05) is 24.7 Å². The Morgan fingerprint density at radius 3 is 2.97 bits per heavy atom. The largest absolute Gasteiger partial charge is 0.492 e. The van der Waals surface area contributed by atoms with Crippen LogP contribution in [0.1, 0.15) is 23.9 Å². The molecular weight excluding hydrogens is 384 g/mol. The molecule has 1 aliphatic heterocycles. The van der Waals surface area contributed by atoms with Gasteiger partial charge in [-0.2, -0.15) is 0 Å². The van der Waals surface area contributed by atoms with Crippen LogP contribution in [0.2, 0.25) is 0 Å². The minimum absolute atomic E-state index is 0.0497. The minimum Gasteiger partial charge on any atom is -0.492 e. The molecule has 1 aliphatic rings. The van der Waals surface area contributed by atoms with Crippen molar-refractivity contribution in [3.63, 3.8) is 0 Å². The molecule has 1 amide bonds. The first-order valence-electron chi connectivity index (χ1n) is 9.85. The molecular formula is C23H24N2O3S. The number of anilines is 1. The number of fused-ring (bicyclic) bond motifs is 1. The molecule has 0 saturated heterocycles. The molecule has 0 spiro atoms. The highest BCUT2D eigenvalue weighted by molar-refractivity contribution is 7.09. The summed E-state index contributed by atoms with van der Waals surface area (Å²) in [6.07, 6.45) is 2.06. The van der Waals surface area contributed by atoms with Gasteiger partial charge in [0, 0.05) is 10.9 Å². The SMILES string of the molecule is CCCc1nc(-c2ccc3c(c2)N(CCOc2cccc(C)c2)C(=O)CO3)cs1. The lowest BCUT2D eigenvalue weighted by molar-refractivity contribution is -0.121. The zero-order chi connectivity index (χ0) is 20.2. The van der Waals surface area contributed by atoms with E-state index in [1.807, 2.05) is 49.4 Å². The molecule has 0 unspecified atom stereocenters. The molecule has 0 N–H and O–H groups in total. The number of aryl methyl sites for hydroxylation is 2. The van der Waals surface area contributed by atoms with E-state index in [1.54, 1.807) is 16.2 Å². The summed E-state index contributed by atoms with van der Waals surface area (Å²) in [5, 5.41) is 3.21. The molecule has 150 valence electrons. The number of amides is 1. The number of hydrogen-bond donors (Lipinski definition) is 0. The predicted octanol–water partition coefficient (Wildman–Crippen LogP) is 4.88. The molecule has 2 aromatic carbocycles. The van der Waals surface area contributed by atoms with E-state index >= 15 is 0 Å². The van der Waals surface area contributed by atoms with Gasteiger partial charge >= 0.3 is 0 Å². The number of rotatable bonds is 7. The van der Waals surface area contributed by atoms with Crippen LogP contribution in [0.25, 0.3) is 11.3 Å². The van der Waals surface area contributed by atoms with Crippen LogP contribution in [0.4, 0.5) is 5.69 Å². The molecule has 0 atom stereocenters. The van der Waals surface area contributed by atoms with Gasteiger partial charge in [-0.3, -0.25) is 4.79 Å². The predicted molar refractivity (Wildman–Crippen MR) is 116 cm³/mol. The number of aromatic nitrogens is 1. The summed E-state index contributed by atoms with van der Waals surface area (Å²) in [4.78, 5) is 19.0. The Labute approximate surface area is 174 Å². The van der Waals surface area contributed by atoms with Crippen molar-refractivity contribution in [1.29, 1.82) is 0 Å². The van der Waals surface area contributed by atoms with Crippen LogP contribution < -0.4 is 14.4 Å². The van der Waals surface area contributed by atoms with E-state index in [1.165, 1.54) is 0 Å². The van der Waals surface area contributed by atoms with E-state index in [-0.39, 0.29) is 12.5 Å². The number of carbonyl (C=O) groups excluding carboxylic acids is 1. The van der Waals surface area contributed by atoms with E-state index in [4.69, 9.17) is 14.5 Å². The van der Waals surface area contributed by atoms with Gasteiger partial charge in [0.2, 0.25) is 0 Å². The Morgan fingerprint density at radius 1 is 1.24 bits per heavy atom. The third kappa shape index (κ3) is 4.43. The third-order valence-corrected chi connectivity index (χ3v) is 5.70. The highest BCUT2D eigenvalue weighted by Gasteiger charge is 2.26. The Balaban J connectivity index is 1.52. The van der Waals surface area contributed by atoms with E-state index in [2.05, 4.69) is 12.3 Å². The average molecular weight is 409 g/mol. The second kappa shape index (κ2) is 8.66. The summed E-state index contributed by atoms with van der Waals surface area (Å²) in [6, 6.07) is 13.8. The summed E-state index contributed by atoms with van der Waals surface area (Å²) in [5.41, 5.74) is 3.85. The molecule has 0 saturated carbocycles. The number of hydrogen-bond acceptors (Lipinski definition) is 5. The smallest absolute Gasteiger partial charge is 0.265 e. The molecule has 0 bridgehead atoms. The van der Waals surface area contributed by atoms with E-state index in [0.717, 1.165) is 46.1 Å². The van der Waals surface area contributed by atoms with Crippen molar-refractivity contribution in [2.45, 2.75) is 26.7 Å². The molecule has 0 fully saturated rings. The van der Waals surface area contributed by atoms with Gasteiger partial charge in [-0.1, -0.05) is 19.1 Å². The molecule has 0 aliphatic carbocycles. The summed E-state index contributed by atoms with van der Waals surface area (Å²) in [5.74, 6) is 1.46. The van der Waals surface area contributed by atoms with Crippen LogP contribution in [0, 0.1) is 6.92 Å². The first kappa shape index (κ1) is 19.5. The second-order valence-corrected chi connectivity index (χ2v) is 8.00. The highest BCUT2D eigenvalue weighted by Crippen LogP contribution is 2.36. The maximum absolute atomic E-state index is 12.5. The van der Waals surface area contributed by atoms with Crippen molar-refractivity contribution in [2.24, 2.45) is 0 Å². The van der Waals surface area contributed by atoms with Gasteiger partial charge in [0.1, 0.15) is 18.1 Å². The lowest BCUT2D eigenvalue weighted by Gasteiger charge is -2.29. The van der Waals surface area contributed by atoms with Gasteiger partial charge in [0.05, 0.1) is 22.9 Å². The maximum atomic E-state index is 12.5. The van der Waals surface area contributed by atoms with Crippen LogP contribution in [0.3, 0.4) is 0 Å².